The molecule has 1 aromatic carbocycles. The standard InChI is InChI=1S/C17H18ClN5O/c18-23-16(14-6-9-19-10-7-14)8-11-20-17(23,21-12-13-24)22-15-4-2-1-3-5-15/h1-11,21-22,24H,12-13H2. The van der Waals surface area contributed by atoms with Crippen LogP contribution in [0.4, 0.5) is 5.69 Å². The first-order valence-corrected chi connectivity index (χ1v) is 7.90. The third kappa shape index (κ3) is 3.41. The van der Waals surface area contributed by atoms with Gasteiger partial charge in [-0.2, -0.15) is 0 Å². The van der Waals surface area contributed by atoms with Crippen LogP contribution in [0, 0.1) is 0 Å². The summed E-state index contributed by atoms with van der Waals surface area (Å²) >= 11 is 6.65. The molecule has 0 bridgehead atoms. The number of pyridine rings is 1. The lowest BCUT2D eigenvalue weighted by Gasteiger charge is -2.41. The number of allylic oxidation sites excluding steroid dienone is 1. The summed E-state index contributed by atoms with van der Waals surface area (Å²) in [6.45, 7) is 0.288. The number of aliphatic hydroxyl groups is 1. The average molecular weight is 344 g/mol. The van der Waals surface area contributed by atoms with Crippen LogP contribution in [0.15, 0.2) is 65.9 Å². The molecule has 0 saturated heterocycles. The molecule has 0 amide bonds. The second-order valence-electron chi connectivity index (χ2n) is 5.16. The molecular weight excluding hydrogens is 326 g/mol. The van der Waals surface area contributed by atoms with Gasteiger partial charge in [0.1, 0.15) is 0 Å². The number of aliphatic hydroxyl groups excluding tert-OH is 1. The van der Waals surface area contributed by atoms with Gasteiger partial charge in [0.2, 0.25) is 0 Å². The minimum absolute atomic E-state index is 0.0349. The van der Waals surface area contributed by atoms with Crippen LogP contribution in [0.1, 0.15) is 5.56 Å². The fourth-order valence-electron chi connectivity index (χ4n) is 2.43. The molecule has 1 unspecified atom stereocenters. The Morgan fingerprint density at radius 2 is 1.88 bits per heavy atom. The number of nitrogens with zero attached hydrogens (tertiary/aromatic N) is 3. The van der Waals surface area contributed by atoms with Gasteiger partial charge in [-0.05, 0) is 30.3 Å². The van der Waals surface area contributed by atoms with Crippen molar-refractivity contribution in [1.29, 1.82) is 0 Å². The summed E-state index contributed by atoms with van der Waals surface area (Å²) in [5.41, 5.74) is 2.53. The molecule has 1 aliphatic heterocycles. The Morgan fingerprint density at radius 3 is 2.58 bits per heavy atom. The maximum absolute atomic E-state index is 9.22. The SMILES string of the molecule is OCCNC1(Nc2ccccc2)N=CC=C(c2ccncc2)N1Cl. The Labute approximate surface area is 145 Å². The molecular formula is C17H18ClN5O. The lowest BCUT2D eigenvalue weighted by Crippen LogP contribution is -2.60. The number of nitrogens with one attached hydrogen (secondary N) is 2. The smallest absolute Gasteiger partial charge is 0.282 e. The number of aliphatic imine (C=N–C) groups is 1. The molecule has 6 nitrogen and oxygen atoms in total. The van der Waals surface area contributed by atoms with Gasteiger partial charge in [0.15, 0.2) is 0 Å². The quantitative estimate of drug-likeness (QED) is 0.554. The number of benzene rings is 1. The van der Waals surface area contributed by atoms with Crippen molar-refractivity contribution < 1.29 is 5.11 Å². The first-order valence-electron chi connectivity index (χ1n) is 7.56. The van der Waals surface area contributed by atoms with Gasteiger partial charge in [-0.15, -0.1) is 0 Å². The van der Waals surface area contributed by atoms with Gasteiger partial charge in [-0.25, -0.2) is 9.41 Å². The van der Waals surface area contributed by atoms with E-state index < -0.39 is 5.91 Å². The maximum Gasteiger partial charge on any atom is 0.282 e. The number of hydrogen-bond acceptors (Lipinski definition) is 6. The highest BCUT2D eigenvalue weighted by atomic mass is 35.5. The van der Waals surface area contributed by atoms with E-state index in [1.54, 1.807) is 18.6 Å². The predicted octanol–water partition coefficient (Wildman–Crippen LogP) is 2.27. The van der Waals surface area contributed by atoms with E-state index in [-0.39, 0.29) is 6.61 Å². The van der Waals surface area contributed by atoms with Gasteiger partial charge in [-0.3, -0.25) is 10.3 Å². The Morgan fingerprint density at radius 1 is 1.12 bits per heavy atom. The number of aromatic nitrogens is 1. The molecule has 0 fully saturated rings. The molecule has 3 rings (SSSR count). The summed E-state index contributed by atoms with van der Waals surface area (Å²) in [7, 11) is 0. The van der Waals surface area contributed by atoms with Crippen LogP contribution in [0.2, 0.25) is 0 Å². The molecule has 0 aliphatic carbocycles. The Balaban J connectivity index is 1.94. The monoisotopic (exact) mass is 343 g/mol. The van der Waals surface area contributed by atoms with Crippen molar-refractivity contribution in [3.8, 4) is 0 Å². The number of rotatable bonds is 6. The molecule has 24 heavy (non-hydrogen) atoms. The fraction of sp³-hybridized carbons (Fsp3) is 0.176. The van der Waals surface area contributed by atoms with Gasteiger partial charge < -0.3 is 10.4 Å². The van der Waals surface area contributed by atoms with Crippen molar-refractivity contribution in [1.82, 2.24) is 14.7 Å². The first-order chi connectivity index (χ1) is 11.7. The second-order valence-corrected chi connectivity index (χ2v) is 5.50. The number of para-hydroxylation sites is 1. The zero-order chi connectivity index (χ0) is 16.8. The largest absolute Gasteiger partial charge is 0.395 e. The zero-order valence-electron chi connectivity index (χ0n) is 12.9. The van der Waals surface area contributed by atoms with Crippen LogP contribution < -0.4 is 10.6 Å². The third-order valence-corrected chi connectivity index (χ3v) is 3.97. The summed E-state index contributed by atoms with van der Waals surface area (Å²) in [6.07, 6.45) is 6.93. The van der Waals surface area contributed by atoms with Crippen LogP contribution in [0.25, 0.3) is 5.70 Å². The molecule has 0 saturated carbocycles. The van der Waals surface area contributed by atoms with Gasteiger partial charge in [0, 0.05) is 48.2 Å². The van der Waals surface area contributed by atoms with Gasteiger partial charge in [-0.1, -0.05) is 18.2 Å². The van der Waals surface area contributed by atoms with Crippen molar-refractivity contribution in [2.75, 3.05) is 18.5 Å². The van der Waals surface area contributed by atoms with Crippen molar-refractivity contribution in [3.05, 3.63) is 66.5 Å². The molecule has 2 heterocycles. The number of anilines is 1. The highest BCUT2D eigenvalue weighted by Gasteiger charge is 2.38. The maximum atomic E-state index is 9.22. The van der Waals surface area contributed by atoms with E-state index in [1.807, 2.05) is 48.5 Å². The lowest BCUT2D eigenvalue weighted by molar-refractivity contribution is 0.211. The Kier molecular flexibility index (Phi) is 5.10. The van der Waals surface area contributed by atoms with Gasteiger partial charge in [0.25, 0.3) is 5.91 Å². The van der Waals surface area contributed by atoms with E-state index >= 15 is 0 Å². The summed E-state index contributed by atoms with van der Waals surface area (Å²) < 4.78 is 1.49. The highest BCUT2D eigenvalue weighted by molar-refractivity contribution is 6.19. The molecule has 0 radical (unpaired) electrons. The van der Waals surface area contributed by atoms with Crippen molar-refractivity contribution in [2.45, 2.75) is 5.91 Å². The molecule has 7 heteroatoms. The summed E-state index contributed by atoms with van der Waals surface area (Å²) in [5.74, 6) is -1.11. The van der Waals surface area contributed by atoms with E-state index in [0.29, 0.717) is 6.54 Å². The molecule has 0 spiro atoms. The summed E-state index contributed by atoms with van der Waals surface area (Å²) in [6, 6.07) is 13.4. The van der Waals surface area contributed by atoms with E-state index in [9.17, 15) is 5.11 Å². The number of halogens is 1. The molecule has 1 atom stereocenters. The van der Waals surface area contributed by atoms with Crippen LogP contribution in [-0.2, 0) is 0 Å². The lowest BCUT2D eigenvalue weighted by atomic mass is 10.1. The normalized spacial score (nSPS) is 19.9. The second kappa shape index (κ2) is 7.44. The predicted molar refractivity (Wildman–Crippen MR) is 96.3 cm³/mol. The van der Waals surface area contributed by atoms with Gasteiger partial charge >= 0.3 is 0 Å². The Bertz CT molecular complexity index is 722. The molecule has 1 aliphatic rings. The first kappa shape index (κ1) is 16.4. The minimum Gasteiger partial charge on any atom is -0.395 e. The molecule has 124 valence electrons. The van der Waals surface area contributed by atoms with Crippen LogP contribution in [-0.4, -0.2) is 39.8 Å². The van der Waals surface area contributed by atoms with Gasteiger partial charge in [0.05, 0.1) is 12.3 Å². The molecule has 2 aromatic rings. The van der Waals surface area contributed by atoms with Crippen LogP contribution in [0.3, 0.4) is 0 Å². The highest BCUT2D eigenvalue weighted by Crippen LogP contribution is 2.32. The third-order valence-electron chi connectivity index (χ3n) is 3.54. The summed E-state index contributed by atoms with van der Waals surface area (Å²) in [5, 5.41) is 15.7. The average Bonchev–Trinajstić information content (AvgIpc) is 2.64. The fourth-order valence-corrected chi connectivity index (χ4v) is 2.73. The van der Waals surface area contributed by atoms with E-state index in [4.69, 9.17) is 11.8 Å². The van der Waals surface area contributed by atoms with Crippen LogP contribution >= 0.6 is 11.8 Å². The minimum atomic E-state index is -1.11. The van der Waals surface area contributed by atoms with Crippen molar-refractivity contribution >= 4 is 29.4 Å². The van der Waals surface area contributed by atoms with E-state index in [0.717, 1.165) is 16.9 Å². The van der Waals surface area contributed by atoms with Crippen molar-refractivity contribution in [2.24, 2.45) is 4.99 Å². The topological polar surface area (TPSA) is 72.8 Å². The Hall–Kier alpha value is -2.41. The number of hydrogen-bond donors (Lipinski definition) is 3. The van der Waals surface area contributed by atoms with Crippen LogP contribution in [0.5, 0.6) is 0 Å². The van der Waals surface area contributed by atoms with Crippen molar-refractivity contribution in [3.63, 3.8) is 0 Å². The van der Waals surface area contributed by atoms with E-state index in [1.165, 1.54) is 4.42 Å². The molecule has 3 N–H and O–H groups in total. The molecule has 1 aromatic heterocycles. The zero-order valence-corrected chi connectivity index (χ0v) is 13.7. The summed E-state index contributed by atoms with van der Waals surface area (Å²) in [4.78, 5) is 8.53. The van der Waals surface area contributed by atoms with E-state index in [2.05, 4.69) is 20.6 Å².